The molecule has 0 spiro atoms. The van der Waals surface area contributed by atoms with Gasteiger partial charge in [0.05, 0.1) is 13.1 Å². The van der Waals surface area contributed by atoms with Gasteiger partial charge in [0.2, 0.25) is 0 Å². The quantitative estimate of drug-likeness (QED) is 0.549. The van der Waals surface area contributed by atoms with Crippen LogP contribution in [0.3, 0.4) is 0 Å². The molecule has 2 atom stereocenters. The molecule has 6 nitrogen and oxygen atoms in total. The van der Waals surface area contributed by atoms with Gasteiger partial charge in [-0.15, -0.1) is 0 Å². The fourth-order valence-corrected chi connectivity index (χ4v) is 3.34. The number of likely N-dealkylation sites (N-methyl/N-ethyl adjacent to an activating group) is 1. The van der Waals surface area contributed by atoms with E-state index >= 15 is 0 Å². The number of amides is 2. The summed E-state index contributed by atoms with van der Waals surface area (Å²) in [5.74, 6) is 0.477. The number of fused-ring (bicyclic) bond motifs is 1. The van der Waals surface area contributed by atoms with Crippen LogP contribution in [0.15, 0.2) is 59.0 Å². The van der Waals surface area contributed by atoms with E-state index in [0.717, 1.165) is 33.5 Å². The lowest BCUT2D eigenvalue weighted by atomic mass is 10.1. The summed E-state index contributed by atoms with van der Waals surface area (Å²) < 4.78 is 5.80. The van der Waals surface area contributed by atoms with Crippen LogP contribution in [0.4, 0.5) is 5.69 Å². The third kappa shape index (κ3) is 5.45. The number of quaternary nitrogens is 1. The molecule has 1 unspecified atom stereocenters. The van der Waals surface area contributed by atoms with Crippen LogP contribution in [0.5, 0.6) is 0 Å². The Morgan fingerprint density at radius 1 is 1.03 bits per heavy atom. The number of benzene rings is 2. The minimum Gasteiger partial charge on any atom is -0.459 e. The molecule has 3 rings (SSSR count). The highest BCUT2D eigenvalue weighted by Crippen LogP contribution is 2.23. The molecule has 6 heteroatoms. The second-order valence-electron chi connectivity index (χ2n) is 7.35. The number of aryl methyl sites for hydroxylation is 1. The minimum absolute atomic E-state index is 0.110. The summed E-state index contributed by atoms with van der Waals surface area (Å²) in [6.45, 7) is 4.35. The highest BCUT2D eigenvalue weighted by molar-refractivity contribution is 5.92. The van der Waals surface area contributed by atoms with Crippen LogP contribution in [-0.4, -0.2) is 32.0 Å². The SMILES string of the molecule is CCc1ccccc1NC(=O)C[NH+](C)CC(=O)N[C@@H](C)c1cc2ccccc2o1. The molecule has 0 radical (unpaired) electrons. The van der Waals surface area contributed by atoms with Crippen molar-refractivity contribution in [2.24, 2.45) is 0 Å². The Bertz CT molecular complexity index is 963. The smallest absolute Gasteiger partial charge is 0.279 e. The Kier molecular flexibility index (Phi) is 6.67. The number of para-hydroxylation sites is 2. The molecule has 2 aromatic carbocycles. The molecule has 3 aromatic rings. The van der Waals surface area contributed by atoms with Crippen molar-refractivity contribution >= 4 is 28.5 Å². The summed E-state index contributed by atoms with van der Waals surface area (Å²) in [4.78, 5) is 25.5. The van der Waals surface area contributed by atoms with Gasteiger partial charge < -0.3 is 20.0 Å². The Hall–Kier alpha value is -3.12. The number of carbonyl (C=O) groups excluding carboxylic acids is 2. The van der Waals surface area contributed by atoms with Crippen LogP contribution in [0.2, 0.25) is 0 Å². The number of rotatable bonds is 8. The van der Waals surface area contributed by atoms with E-state index in [4.69, 9.17) is 4.42 Å². The van der Waals surface area contributed by atoms with Gasteiger partial charge in [0.1, 0.15) is 11.3 Å². The standard InChI is InChI=1S/C23H27N3O3/c1-4-17-9-5-7-11-19(17)25-23(28)15-26(3)14-22(27)24-16(2)21-13-18-10-6-8-12-20(18)29-21/h5-13,16H,4,14-15H2,1-3H3,(H,24,27)(H,25,28)/p+1/t16-/m0/s1. The lowest BCUT2D eigenvalue weighted by Crippen LogP contribution is -3.11. The Morgan fingerprint density at radius 2 is 1.72 bits per heavy atom. The van der Waals surface area contributed by atoms with Gasteiger partial charge in [-0.25, -0.2) is 0 Å². The molecule has 0 saturated carbocycles. The van der Waals surface area contributed by atoms with Gasteiger partial charge in [-0.2, -0.15) is 0 Å². The van der Waals surface area contributed by atoms with Crippen molar-refractivity contribution in [2.45, 2.75) is 26.3 Å². The maximum atomic E-state index is 12.4. The van der Waals surface area contributed by atoms with E-state index in [1.807, 2.05) is 68.6 Å². The second-order valence-corrected chi connectivity index (χ2v) is 7.35. The van der Waals surface area contributed by atoms with E-state index in [0.29, 0.717) is 5.76 Å². The third-order valence-corrected chi connectivity index (χ3v) is 4.85. The van der Waals surface area contributed by atoms with Gasteiger partial charge in [-0.05, 0) is 37.1 Å². The lowest BCUT2D eigenvalue weighted by molar-refractivity contribution is -0.862. The molecule has 0 aliphatic carbocycles. The highest BCUT2D eigenvalue weighted by atomic mass is 16.3. The summed E-state index contributed by atoms with van der Waals surface area (Å²) in [6.07, 6.45) is 0.848. The van der Waals surface area contributed by atoms with Crippen LogP contribution in [-0.2, 0) is 16.0 Å². The molecule has 3 N–H and O–H groups in total. The molecule has 0 aliphatic rings. The zero-order valence-corrected chi connectivity index (χ0v) is 17.1. The van der Waals surface area contributed by atoms with E-state index in [1.165, 1.54) is 0 Å². The van der Waals surface area contributed by atoms with E-state index in [2.05, 4.69) is 17.6 Å². The van der Waals surface area contributed by atoms with Gasteiger partial charge in [0.15, 0.2) is 13.1 Å². The number of furan rings is 1. The monoisotopic (exact) mass is 394 g/mol. The summed E-state index contributed by atoms with van der Waals surface area (Å²) in [7, 11) is 1.83. The van der Waals surface area contributed by atoms with Crippen molar-refractivity contribution in [1.82, 2.24) is 5.32 Å². The lowest BCUT2D eigenvalue weighted by Gasteiger charge is -2.16. The van der Waals surface area contributed by atoms with Crippen molar-refractivity contribution in [1.29, 1.82) is 0 Å². The number of anilines is 1. The van der Waals surface area contributed by atoms with Gasteiger partial charge in [0, 0.05) is 11.1 Å². The Balaban J connectivity index is 1.50. The highest BCUT2D eigenvalue weighted by Gasteiger charge is 2.18. The molecular formula is C23H28N3O3+. The molecule has 0 fully saturated rings. The van der Waals surface area contributed by atoms with E-state index in [1.54, 1.807) is 0 Å². The summed E-state index contributed by atoms with van der Waals surface area (Å²) in [5.41, 5.74) is 2.72. The van der Waals surface area contributed by atoms with Crippen molar-refractivity contribution in [3.63, 3.8) is 0 Å². The number of nitrogens with one attached hydrogen (secondary N) is 3. The fraction of sp³-hybridized carbons (Fsp3) is 0.304. The first-order chi connectivity index (χ1) is 14.0. The molecule has 1 heterocycles. The maximum absolute atomic E-state index is 12.4. The molecule has 0 aliphatic heterocycles. The number of hydrogen-bond donors (Lipinski definition) is 3. The number of hydrogen-bond acceptors (Lipinski definition) is 3. The van der Waals surface area contributed by atoms with Crippen molar-refractivity contribution < 1.29 is 18.9 Å². The average molecular weight is 394 g/mol. The fourth-order valence-electron chi connectivity index (χ4n) is 3.34. The normalized spacial score (nSPS) is 13.1. The molecule has 0 bridgehead atoms. The second kappa shape index (κ2) is 9.39. The van der Waals surface area contributed by atoms with Gasteiger partial charge >= 0.3 is 0 Å². The Labute approximate surface area is 170 Å². The zero-order chi connectivity index (χ0) is 20.8. The maximum Gasteiger partial charge on any atom is 0.279 e. The summed E-state index contributed by atoms with van der Waals surface area (Å²) in [5, 5.41) is 6.89. The van der Waals surface area contributed by atoms with Crippen molar-refractivity contribution in [3.05, 3.63) is 65.9 Å². The zero-order valence-electron chi connectivity index (χ0n) is 17.1. The first-order valence-corrected chi connectivity index (χ1v) is 9.93. The average Bonchev–Trinajstić information content (AvgIpc) is 3.12. The van der Waals surface area contributed by atoms with Crippen molar-refractivity contribution in [2.75, 3.05) is 25.5 Å². The predicted octanol–water partition coefficient (Wildman–Crippen LogP) is 2.33. The van der Waals surface area contributed by atoms with E-state index < -0.39 is 0 Å². The first-order valence-electron chi connectivity index (χ1n) is 9.93. The molecule has 0 saturated heterocycles. The van der Waals surface area contributed by atoms with Gasteiger partial charge in [-0.3, -0.25) is 9.59 Å². The largest absolute Gasteiger partial charge is 0.459 e. The van der Waals surface area contributed by atoms with Crippen LogP contribution >= 0.6 is 0 Å². The molecule has 152 valence electrons. The first kappa shape index (κ1) is 20.6. The van der Waals surface area contributed by atoms with Gasteiger partial charge in [-0.1, -0.05) is 43.3 Å². The van der Waals surface area contributed by atoms with E-state index in [9.17, 15) is 9.59 Å². The summed E-state index contributed by atoms with van der Waals surface area (Å²) >= 11 is 0. The predicted molar refractivity (Wildman–Crippen MR) is 114 cm³/mol. The minimum atomic E-state index is -0.243. The van der Waals surface area contributed by atoms with Crippen LogP contribution in [0.25, 0.3) is 11.0 Å². The topological polar surface area (TPSA) is 75.8 Å². The van der Waals surface area contributed by atoms with E-state index in [-0.39, 0.29) is 30.9 Å². The van der Waals surface area contributed by atoms with Crippen LogP contribution in [0.1, 0.15) is 31.2 Å². The van der Waals surface area contributed by atoms with Crippen LogP contribution < -0.4 is 15.5 Å². The molecule has 29 heavy (non-hydrogen) atoms. The molecule has 1 aromatic heterocycles. The third-order valence-electron chi connectivity index (χ3n) is 4.85. The molecule has 2 amide bonds. The summed E-state index contributed by atoms with van der Waals surface area (Å²) in [6, 6.07) is 17.2. The Morgan fingerprint density at radius 3 is 2.48 bits per heavy atom. The van der Waals surface area contributed by atoms with Crippen molar-refractivity contribution in [3.8, 4) is 0 Å². The van der Waals surface area contributed by atoms with Crippen LogP contribution in [0, 0.1) is 0 Å². The van der Waals surface area contributed by atoms with Gasteiger partial charge in [0.25, 0.3) is 11.8 Å². The molecular weight excluding hydrogens is 366 g/mol. The number of carbonyl (C=O) groups is 2.